The highest BCUT2D eigenvalue weighted by atomic mass is 79.9. The topological polar surface area (TPSA) is 130 Å². The highest BCUT2D eigenvalue weighted by molar-refractivity contribution is 9.10. The fraction of sp³-hybridized carbons (Fsp3) is 0.593. The maximum atomic E-state index is 13.8. The minimum Gasteiger partial charge on any atom is -0.385 e. The maximum absolute atomic E-state index is 13.8. The number of fused-ring (bicyclic) bond motifs is 1. The number of ether oxygens (including phenoxy) is 3. The summed E-state index contributed by atoms with van der Waals surface area (Å²) in [5.41, 5.74) is -1.56. The summed E-state index contributed by atoms with van der Waals surface area (Å²) >= 11 is 10.9. The van der Waals surface area contributed by atoms with Crippen LogP contribution in [-0.2, 0) is 14.2 Å². The van der Waals surface area contributed by atoms with Crippen LogP contribution >= 0.6 is 39.3 Å². The monoisotopic (exact) mass is 681 g/mol. The second-order valence-electron chi connectivity index (χ2n) is 11.5. The van der Waals surface area contributed by atoms with Crippen LogP contribution in [0.2, 0.25) is 5.15 Å². The van der Waals surface area contributed by atoms with Gasteiger partial charge in [-0.15, -0.1) is 5.10 Å². The van der Waals surface area contributed by atoms with Crippen molar-refractivity contribution in [2.75, 3.05) is 20.3 Å². The number of carbonyl (C=O) groups is 1. The molecule has 0 bridgehead atoms. The van der Waals surface area contributed by atoms with E-state index in [-0.39, 0.29) is 18.6 Å². The maximum Gasteiger partial charge on any atom is 0.273 e. The number of halogens is 2. The standard InChI is InChI=1S/C27H33BrClN7O5S/c1-14(2)34(11-15-5-6-15)25(37)20-17(9-16(28)10-30-20)42-26-23(39-4)21(22-24(41-26)27(3,38)13-40-22)36-12-19(31-33-36)35-8-7-18(29)32-35/h7-10,12,14-15,21-24,26,38H,5-6,11,13H2,1-4H3/t21?,22-,23?,24?,26-,27?/m1/s1. The molecule has 0 spiro atoms. The molecule has 15 heteroatoms. The first-order valence-corrected chi connectivity index (χ1v) is 15.9. The quantitative estimate of drug-likeness (QED) is 0.356. The van der Waals surface area contributed by atoms with Gasteiger partial charge in [0.1, 0.15) is 41.1 Å². The molecule has 5 heterocycles. The summed E-state index contributed by atoms with van der Waals surface area (Å²) in [6.07, 6.45) is 5.46. The van der Waals surface area contributed by atoms with Gasteiger partial charge in [0.25, 0.3) is 5.91 Å². The molecular formula is C27H33BrClN7O5S. The molecule has 0 aromatic carbocycles. The molecule has 1 amide bonds. The van der Waals surface area contributed by atoms with E-state index in [2.05, 4.69) is 36.3 Å². The van der Waals surface area contributed by atoms with Crippen LogP contribution in [0.3, 0.4) is 0 Å². The van der Waals surface area contributed by atoms with Crippen molar-refractivity contribution >= 4 is 45.2 Å². The van der Waals surface area contributed by atoms with Crippen LogP contribution in [0.4, 0.5) is 0 Å². The number of methoxy groups -OCH3 is 1. The molecule has 226 valence electrons. The zero-order valence-corrected chi connectivity index (χ0v) is 26.8. The summed E-state index contributed by atoms with van der Waals surface area (Å²) < 4.78 is 22.6. The van der Waals surface area contributed by atoms with Gasteiger partial charge >= 0.3 is 0 Å². The van der Waals surface area contributed by atoms with E-state index in [1.165, 1.54) is 16.4 Å². The largest absolute Gasteiger partial charge is 0.385 e. The molecule has 12 nitrogen and oxygen atoms in total. The lowest BCUT2D eigenvalue weighted by molar-refractivity contribution is -0.182. The molecule has 4 unspecified atom stereocenters. The Balaban J connectivity index is 1.34. The lowest BCUT2D eigenvalue weighted by atomic mass is 9.90. The summed E-state index contributed by atoms with van der Waals surface area (Å²) in [6.45, 7) is 6.52. The molecule has 2 aliphatic heterocycles. The number of rotatable bonds is 9. The lowest BCUT2D eigenvalue weighted by Crippen LogP contribution is -2.57. The van der Waals surface area contributed by atoms with Gasteiger partial charge in [-0.3, -0.25) is 4.79 Å². The normalized spacial score (nSPS) is 29.2. The van der Waals surface area contributed by atoms with Crippen LogP contribution in [0.5, 0.6) is 0 Å². The number of pyridine rings is 1. The van der Waals surface area contributed by atoms with Crippen LogP contribution in [0.15, 0.2) is 40.1 Å². The third kappa shape index (κ3) is 5.86. The number of aromatic nitrogens is 6. The molecule has 6 atom stereocenters. The van der Waals surface area contributed by atoms with E-state index >= 15 is 0 Å². The van der Waals surface area contributed by atoms with Gasteiger partial charge in [-0.1, -0.05) is 28.6 Å². The average Bonchev–Trinajstić information content (AvgIpc) is 3.30. The Morgan fingerprint density at radius 1 is 1.40 bits per heavy atom. The van der Waals surface area contributed by atoms with E-state index in [1.807, 2.05) is 24.8 Å². The predicted octanol–water partition coefficient (Wildman–Crippen LogP) is 3.76. The zero-order valence-electron chi connectivity index (χ0n) is 23.6. The first kappa shape index (κ1) is 30.0. The van der Waals surface area contributed by atoms with Crippen LogP contribution in [0.25, 0.3) is 5.82 Å². The van der Waals surface area contributed by atoms with Crippen molar-refractivity contribution < 1.29 is 24.1 Å². The molecule has 1 saturated carbocycles. The molecule has 3 aromatic heterocycles. The van der Waals surface area contributed by atoms with Crippen LogP contribution in [-0.4, -0.2) is 101 Å². The summed E-state index contributed by atoms with van der Waals surface area (Å²) in [5, 5.41) is 24.4. The van der Waals surface area contributed by atoms with Crippen molar-refractivity contribution in [1.29, 1.82) is 0 Å². The Bertz CT molecular complexity index is 1450. The highest BCUT2D eigenvalue weighted by Gasteiger charge is 2.58. The van der Waals surface area contributed by atoms with Crippen molar-refractivity contribution in [3.8, 4) is 5.82 Å². The summed E-state index contributed by atoms with van der Waals surface area (Å²) in [4.78, 5) is 20.9. The van der Waals surface area contributed by atoms with Crippen LogP contribution in [0, 0.1) is 5.92 Å². The van der Waals surface area contributed by atoms with Crippen molar-refractivity contribution in [1.82, 2.24) is 34.7 Å². The van der Waals surface area contributed by atoms with Crippen LogP contribution < -0.4 is 0 Å². The summed E-state index contributed by atoms with van der Waals surface area (Å²) in [5.74, 6) is 0.874. The Morgan fingerprint density at radius 3 is 2.86 bits per heavy atom. The third-order valence-electron chi connectivity index (χ3n) is 7.87. The van der Waals surface area contributed by atoms with E-state index < -0.39 is 35.4 Å². The fourth-order valence-electron chi connectivity index (χ4n) is 5.49. The number of nitrogens with zero attached hydrogens (tertiary/aromatic N) is 7. The number of hydrogen-bond acceptors (Lipinski definition) is 10. The van der Waals surface area contributed by atoms with Crippen molar-refractivity contribution in [3.05, 3.63) is 46.0 Å². The molecular weight excluding hydrogens is 650 g/mol. The molecule has 1 aliphatic carbocycles. The summed E-state index contributed by atoms with van der Waals surface area (Å²) in [7, 11) is 1.59. The Hall–Kier alpha value is -2.07. The smallest absolute Gasteiger partial charge is 0.273 e. The Morgan fingerprint density at radius 2 is 2.19 bits per heavy atom. The zero-order chi connectivity index (χ0) is 29.8. The van der Waals surface area contributed by atoms with Gasteiger partial charge in [-0.2, -0.15) is 5.10 Å². The van der Waals surface area contributed by atoms with Crippen molar-refractivity contribution in [2.45, 2.75) is 79.9 Å². The van der Waals surface area contributed by atoms with Gasteiger partial charge in [-0.05, 0) is 67.6 Å². The van der Waals surface area contributed by atoms with Gasteiger partial charge in [0.2, 0.25) is 0 Å². The Kier molecular flexibility index (Phi) is 8.41. The van der Waals surface area contributed by atoms with Gasteiger partial charge in [0.05, 0.1) is 12.8 Å². The number of aliphatic hydroxyl groups is 1. The first-order chi connectivity index (χ1) is 20.1. The van der Waals surface area contributed by atoms with Gasteiger partial charge in [-0.25, -0.2) is 14.3 Å². The van der Waals surface area contributed by atoms with Crippen LogP contribution in [0.1, 0.15) is 50.1 Å². The van der Waals surface area contributed by atoms with Crippen molar-refractivity contribution in [2.24, 2.45) is 5.92 Å². The minimum absolute atomic E-state index is 0.0288. The number of thioether (sulfide) groups is 1. The lowest BCUT2D eigenvalue weighted by Gasteiger charge is -2.44. The molecule has 6 rings (SSSR count). The molecule has 3 fully saturated rings. The molecule has 42 heavy (non-hydrogen) atoms. The SMILES string of the molecule is COC1C(n2cc(-n3ccc(Cl)n3)nn2)[C@H]2OCC(C)(O)C2O[C@@H]1Sc1cc(Br)cnc1C(=O)N(CC1CC1)C(C)C. The number of carbonyl (C=O) groups excluding carboxylic acids is 1. The Labute approximate surface area is 261 Å². The number of hydrogen-bond donors (Lipinski definition) is 1. The summed E-state index contributed by atoms with van der Waals surface area (Å²) in [6, 6.07) is 3.04. The minimum atomic E-state index is -1.26. The second kappa shape index (κ2) is 11.8. The fourth-order valence-corrected chi connectivity index (χ4v) is 7.39. The van der Waals surface area contributed by atoms with E-state index in [0.717, 1.165) is 17.3 Å². The van der Waals surface area contributed by atoms with E-state index in [0.29, 0.717) is 34.0 Å². The average molecular weight is 683 g/mol. The van der Waals surface area contributed by atoms with E-state index in [9.17, 15) is 9.90 Å². The van der Waals surface area contributed by atoms with Gasteiger partial charge in [0.15, 0.2) is 11.0 Å². The molecule has 1 N–H and O–H groups in total. The second-order valence-corrected chi connectivity index (χ2v) is 13.9. The van der Waals surface area contributed by atoms with E-state index in [4.69, 9.17) is 25.8 Å². The predicted molar refractivity (Wildman–Crippen MR) is 158 cm³/mol. The molecule has 2 saturated heterocycles. The number of amides is 1. The molecule has 3 aromatic rings. The first-order valence-electron chi connectivity index (χ1n) is 13.8. The molecule has 3 aliphatic rings. The van der Waals surface area contributed by atoms with E-state index in [1.54, 1.807) is 43.4 Å². The van der Waals surface area contributed by atoms with Crippen molar-refractivity contribution in [3.63, 3.8) is 0 Å². The molecule has 0 radical (unpaired) electrons. The van der Waals surface area contributed by atoms with Gasteiger partial charge in [0, 0.05) is 41.5 Å². The third-order valence-corrected chi connectivity index (χ3v) is 9.68. The highest BCUT2D eigenvalue weighted by Crippen LogP contribution is 2.46. The van der Waals surface area contributed by atoms with Gasteiger partial charge < -0.3 is 24.2 Å².